The van der Waals surface area contributed by atoms with Gasteiger partial charge in [-0.3, -0.25) is 4.79 Å². The number of benzene rings is 2. The molecule has 5 nitrogen and oxygen atoms in total. The zero-order valence-electron chi connectivity index (χ0n) is 14.7. The van der Waals surface area contributed by atoms with Crippen LogP contribution in [0.2, 0.25) is 0 Å². The molecule has 0 spiro atoms. The Morgan fingerprint density at radius 1 is 1.15 bits per heavy atom. The second-order valence-electron chi connectivity index (χ2n) is 5.69. The van der Waals surface area contributed by atoms with E-state index in [1.165, 1.54) is 11.3 Å². The summed E-state index contributed by atoms with van der Waals surface area (Å²) in [5, 5.41) is 5.39. The van der Waals surface area contributed by atoms with Crippen molar-refractivity contribution in [3.05, 3.63) is 65.2 Å². The van der Waals surface area contributed by atoms with E-state index in [4.69, 9.17) is 9.47 Å². The summed E-state index contributed by atoms with van der Waals surface area (Å²) in [4.78, 5) is 16.6. The van der Waals surface area contributed by atoms with Gasteiger partial charge in [0.05, 0.1) is 13.7 Å². The zero-order chi connectivity index (χ0) is 18.4. The van der Waals surface area contributed by atoms with E-state index in [9.17, 15) is 4.79 Å². The normalized spacial score (nSPS) is 10.4. The number of aromatic nitrogens is 1. The maximum atomic E-state index is 12.2. The number of thiazole rings is 1. The number of aryl methyl sites for hydroxylation is 1. The number of nitrogens with zero attached hydrogens (tertiary/aromatic N) is 1. The van der Waals surface area contributed by atoms with Gasteiger partial charge in [-0.15, -0.1) is 11.3 Å². The zero-order valence-corrected chi connectivity index (χ0v) is 15.5. The number of hydrogen-bond donors (Lipinski definition) is 1. The molecule has 0 aliphatic heterocycles. The fourth-order valence-corrected chi connectivity index (χ4v) is 3.18. The van der Waals surface area contributed by atoms with Crippen LogP contribution in [0.15, 0.2) is 53.9 Å². The topological polar surface area (TPSA) is 60.5 Å². The number of carbonyl (C=O) groups excluding carboxylic acids is 1. The lowest BCUT2D eigenvalue weighted by Crippen LogP contribution is -2.28. The standard InChI is InChI=1S/C20H20N2O3S/c1-14-4-3-5-17(12-14)25-11-10-21-19(23)18-13-26-20(22-18)15-6-8-16(24-2)9-7-15/h3-9,12-13H,10-11H2,1-2H3,(H,21,23). The quantitative estimate of drug-likeness (QED) is 0.642. The Kier molecular flexibility index (Phi) is 5.86. The minimum absolute atomic E-state index is 0.200. The second-order valence-corrected chi connectivity index (χ2v) is 6.55. The molecule has 2 aromatic carbocycles. The van der Waals surface area contributed by atoms with Crippen molar-refractivity contribution < 1.29 is 14.3 Å². The van der Waals surface area contributed by atoms with Crippen molar-refractivity contribution in [3.63, 3.8) is 0 Å². The van der Waals surface area contributed by atoms with Crippen LogP contribution >= 0.6 is 11.3 Å². The number of rotatable bonds is 7. The molecule has 0 unspecified atom stereocenters. The highest BCUT2D eigenvalue weighted by atomic mass is 32.1. The van der Waals surface area contributed by atoms with E-state index in [0.717, 1.165) is 27.6 Å². The average molecular weight is 368 g/mol. The molecular weight excluding hydrogens is 348 g/mol. The predicted octanol–water partition coefficient (Wildman–Crippen LogP) is 3.94. The van der Waals surface area contributed by atoms with E-state index in [0.29, 0.717) is 18.8 Å². The molecule has 0 aliphatic carbocycles. The number of hydrogen-bond acceptors (Lipinski definition) is 5. The lowest BCUT2D eigenvalue weighted by atomic mass is 10.2. The fourth-order valence-electron chi connectivity index (χ4n) is 2.37. The van der Waals surface area contributed by atoms with Crippen LogP contribution in [-0.2, 0) is 0 Å². The molecule has 0 bridgehead atoms. The van der Waals surface area contributed by atoms with Gasteiger partial charge in [0, 0.05) is 10.9 Å². The van der Waals surface area contributed by atoms with Gasteiger partial charge >= 0.3 is 0 Å². The van der Waals surface area contributed by atoms with Crippen LogP contribution in [0, 0.1) is 6.92 Å². The summed E-state index contributed by atoms with van der Waals surface area (Å²) in [5.74, 6) is 1.39. The van der Waals surface area contributed by atoms with Gasteiger partial charge in [0.25, 0.3) is 5.91 Å². The number of amides is 1. The Hall–Kier alpha value is -2.86. The molecule has 3 aromatic rings. The van der Waals surface area contributed by atoms with E-state index in [-0.39, 0.29) is 5.91 Å². The van der Waals surface area contributed by atoms with Crippen molar-refractivity contribution in [1.29, 1.82) is 0 Å². The highest BCUT2D eigenvalue weighted by Gasteiger charge is 2.11. The Bertz CT molecular complexity index is 875. The largest absolute Gasteiger partial charge is 0.497 e. The minimum Gasteiger partial charge on any atom is -0.497 e. The molecule has 1 N–H and O–H groups in total. The summed E-state index contributed by atoms with van der Waals surface area (Å²) >= 11 is 1.44. The number of nitrogens with one attached hydrogen (secondary N) is 1. The molecule has 134 valence electrons. The highest BCUT2D eigenvalue weighted by Crippen LogP contribution is 2.25. The summed E-state index contributed by atoms with van der Waals surface area (Å²) in [6, 6.07) is 15.4. The summed E-state index contributed by atoms with van der Waals surface area (Å²) in [5.41, 5.74) is 2.51. The number of carbonyl (C=O) groups is 1. The first-order valence-electron chi connectivity index (χ1n) is 8.23. The van der Waals surface area contributed by atoms with Gasteiger partial charge in [0.1, 0.15) is 28.8 Å². The summed E-state index contributed by atoms with van der Waals surface area (Å²) in [7, 11) is 1.63. The van der Waals surface area contributed by atoms with Crippen LogP contribution in [0.5, 0.6) is 11.5 Å². The molecule has 26 heavy (non-hydrogen) atoms. The van der Waals surface area contributed by atoms with Crippen molar-refractivity contribution in [2.75, 3.05) is 20.3 Å². The van der Waals surface area contributed by atoms with E-state index < -0.39 is 0 Å². The van der Waals surface area contributed by atoms with Crippen molar-refractivity contribution in [2.24, 2.45) is 0 Å². The molecule has 0 aliphatic rings. The molecule has 6 heteroatoms. The van der Waals surface area contributed by atoms with Crippen molar-refractivity contribution in [3.8, 4) is 22.1 Å². The van der Waals surface area contributed by atoms with Gasteiger partial charge in [-0.25, -0.2) is 4.98 Å². The minimum atomic E-state index is -0.200. The molecular formula is C20H20N2O3S. The van der Waals surface area contributed by atoms with Crippen LogP contribution in [0.25, 0.3) is 10.6 Å². The predicted molar refractivity (Wildman–Crippen MR) is 103 cm³/mol. The summed E-state index contributed by atoms with van der Waals surface area (Å²) in [6.07, 6.45) is 0. The Morgan fingerprint density at radius 2 is 1.96 bits per heavy atom. The van der Waals surface area contributed by atoms with Crippen molar-refractivity contribution >= 4 is 17.2 Å². The SMILES string of the molecule is COc1ccc(-c2nc(C(=O)NCCOc3cccc(C)c3)cs2)cc1. The molecule has 0 fully saturated rings. The molecule has 0 saturated heterocycles. The maximum Gasteiger partial charge on any atom is 0.270 e. The van der Waals surface area contributed by atoms with Crippen LogP contribution in [-0.4, -0.2) is 31.2 Å². The third-order valence-electron chi connectivity index (χ3n) is 3.72. The third kappa shape index (κ3) is 4.61. The number of methoxy groups -OCH3 is 1. The molecule has 3 rings (SSSR count). The van der Waals surface area contributed by atoms with Crippen LogP contribution in [0.1, 0.15) is 16.1 Å². The van der Waals surface area contributed by atoms with E-state index in [1.54, 1.807) is 12.5 Å². The first-order valence-corrected chi connectivity index (χ1v) is 9.11. The third-order valence-corrected chi connectivity index (χ3v) is 4.61. The van der Waals surface area contributed by atoms with Crippen LogP contribution in [0.4, 0.5) is 0 Å². The monoisotopic (exact) mass is 368 g/mol. The smallest absolute Gasteiger partial charge is 0.270 e. The highest BCUT2D eigenvalue weighted by molar-refractivity contribution is 7.13. The van der Waals surface area contributed by atoms with E-state index in [1.807, 2.05) is 55.5 Å². The van der Waals surface area contributed by atoms with Gasteiger partial charge in [-0.2, -0.15) is 0 Å². The average Bonchev–Trinajstić information content (AvgIpc) is 3.15. The molecule has 1 amide bonds. The molecule has 1 aromatic heterocycles. The molecule has 1 heterocycles. The summed E-state index contributed by atoms with van der Waals surface area (Å²) < 4.78 is 10.8. The number of ether oxygens (including phenoxy) is 2. The Labute approximate surface area is 156 Å². The van der Waals surface area contributed by atoms with Crippen LogP contribution in [0.3, 0.4) is 0 Å². The van der Waals surface area contributed by atoms with Gasteiger partial charge < -0.3 is 14.8 Å². The van der Waals surface area contributed by atoms with Crippen LogP contribution < -0.4 is 14.8 Å². The lowest BCUT2D eigenvalue weighted by molar-refractivity contribution is 0.0943. The Morgan fingerprint density at radius 3 is 2.69 bits per heavy atom. The van der Waals surface area contributed by atoms with Gasteiger partial charge in [-0.05, 0) is 48.9 Å². The van der Waals surface area contributed by atoms with E-state index >= 15 is 0 Å². The lowest BCUT2D eigenvalue weighted by Gasteiger charge is -2.07. The second kappa shape index (κ2) is 8.49. The Balaban J connectivity index is 1.51. The van der Waals surface area contributed by atoms with Crippen molar-refractivity contribution in [2.45, 2.75) is 6.92 Å². The van der Waals surface area contributed by atoms with E-state index in [2.05, 4.69) is 10.3 Å². The molecule has 0 saturated carbocycles. The maximum absolute atomic E-state index is 12.2. The fraction of sp³-hybridized carbons (Fsp3) is 0.200. The first kappa shape index (κ1) is 17.9. The van der Waals surface area contributed by atoms with Crippen molar-refractivity contribution in [1.82, 2.24) is 10.3 Å². The molecule has 0 atom stereocenters. The van der Waals surface area contributed by atoms with Gasteiger partial charge in [0.15, 0.2) is 0 Å². The van der Waals surface area contributed by atoms with Gasteiger partial charge in [0.2, 0.25) is 0 Å². The van der Waals surface area contributed by atoms with Gasteiger partial charge in [-0.1, -0.05) is 12.1 Å². The molecule has 0 radical (unpaired) electrons. The first-order chi connectivity index (χ1) is 12.7. The summed E-state index contributed by atoms with van der Waals surface area (Å²) in [6.45, 7) is 2.84.